The van der Waals surface area contributed by atoms with E-state index in [1.807, 2.05) is 39.1 Å². The summed E-state index contributed by atoms with van der Waals surface area (Å²) >= 11 is 0. The number of nitrogens with one attached hydrogen (secondary N) is 1. The van der Waals surface area contributed by atoms with Crippen LogP contribution in [0.5, 0.6) is 0 Å². The van der Waals surface area contributed by atoms with E-state index in [0.29, 0.717) is 11.4 Å². The third kappa shape index (κ3) is 2.85. The monoisotopic (exact) mass is 368 g/mol. The van der Waals surface area contributed by atoms with Crippen LogP contribution in [0, 0.1) is 13.8 Å². The maximum absolute atomic E-state index is 12.8. The largest absolute Gasteiger partial charge is 0.350 e. The molecule has 4 nitrogen and oxygen atoms in total. The molecule has 1 aliphatic rings. The van der Waals surface area contributed by atoms with Crippen LogP contribution in [-0.2, 0) is 22.5 Å². The lowest BCUT2D eigenvalue weighted by atomic mass is 9.96. The van der Waals surface area contributed by atoms with Gasteiger partial charge in [-0.05, 0) is 61.6 Å². The van der Waals surface area contributed by atoms with Crippen LogP contribution in [-0.4, -0.2) is 19.5 Å². The van der Waals surface area contributed by atoms with E-state index in [4.69, 9.17) is 0 Å². The summed E-state index contributed by atoms with van der Waals surface area (Å²) in [7, 11) is -1.46. The highest BCUT2D eigenvalue weighted by molar-refractivity contribution is 7.89. The summed E-state index contributed by atoms with van der Waals surface area (Å²) in [5.41, 5.74) is 4.43. The van der Waals surface area contributed by atoms with Gasteiger partial charge in [0.25, 0.3) is 0 Å². The van der Waals surface area contributed by atoms with E-state index in [0.717, 1.165) is 24.0 Å². The van der Waals surface area contributed by atoms with E-state index in [1.165, 1.54) is 16.5 Å². The number of hydrogen-bond donors (Lipinski definition) is 1. The molecule has 1 saturated carbocycles. The molecule has 0 spiro atoms. The van der Waals surface area contributed by atoms with E-state index in [9.17, 15) is 8.42 Å². The van der Waals surface area contributed by atoms with Crippen molar-refractivity contribution in [1.82, 2.24) is 9.29 Å². The number of rotatable bonds is 5. The molecule has 1 N–H and O–H groups in total. The minimum Gasteiger partial charge on any atom is -0.350 e. The summed E-state index contributed by atoms with van der Waals surface area (Å²) in [6, 6.07) is 13.6. The first-order valence-electron chi connectivity index (χ1n) is 8.94. The van der Waals surface area contributed by atoms with Crippen LogP contribution in [0.3, 0.4) is 0 Å². The molecule has 1 fully saturated rings. The predicted octanol–water partition coefficient (Wildman–Crippen LogP) is 3.81. The number of benzene rings is 2. The Hall–Kier alpha value is -2.11. The van der Waals surface area contributed by atoms with Gasteiger partial charge in [0.05, 0.1) is 4.90 Å². The third-order valence-corrected chi connectivity index (χ3v) is 7.11. The Bertz CT molecular complexity index is 1090. The van der Waals surface area contributed by atoms with Gasteiger partial charge in [0.15, 0.2) is 0 Å². The van der Waals surface area contributed by atoms with Gasteiger partial charge in [0.2, 0.25) is 10.0 Å². The second-order valence-electron chi connectivity index (χ2n) is 7.52. The van der Waals surface area contributed by atoms with Crippen molar-refractivity contribution in [2.45, 2.75) is 37.0 Å². The molecule has 2 aromatic carbocycles. The molecule has 4 rings (SSSR count). The average Bonchev–Trinajstić information content (AvgIpc) is 3.34. The number of fused-ring (bicyclic) bond motifs is 1. The van der Waals surface area contributed by atoms with Crippen LogP contribution in [0.2, 0.25) is 0 Å². The number of sulfonamides is 1. The third-order valence-electron chi connectivity index (χ3n) is 5.71. The zero-order valence-electron chi connectivity index (χ0n) is 15.4. The van der Waals surface area contributed by atoms with Gasteiger partial charge in [0, 0.05) is 36.1 Å². The fourth-order valence-corrected chi connectivity index (χ4v) is 4.87. The quantitative estimate of drug-likeness (QED) is 0.745. The van der Waals surface area contributed by atoms with Crippen molar-refractivity contribution in [3.8, 4) is 0 Å². The Morgan fingerprint density at radius 1 is 1.08 bits per heavy atom. The summed E-state index contributed by atoms with van der Waals surface area (Å²) in [5, 5.41) is 1.22. The van der Waals surface area contributed by atoms with Gasteiger partial charge < -0.3 is 4.57 Å². The summed E-state index contributed by atoms with van der Waals surface area (Å²) in [6.45, 7) is 4.36. The number of nitrogens with zero attached hydrogens (tertiary/aromatic N) is 1. The highest BCUT2D eigenvalue weighted by Gasteiger charge is 2.46. The van der Waals surface area contributed by atoms with E-state index in [1.54, 1.807) is 12.1 Å². The minimum absolute atomic E-state index is 0.0896. The van der Waals surface area contributed by atoms with E-state index in [2.05, 4.69) is 27.6 Å². The van der Waals surface area contributed by atoms with Crippen LogP contribution in [0.25, 0.3) is 10.9 Å². The van der Waals surface area contributed by atoms with Crippen molar-refractivity contribution >= 4 is 20.9 Å². The Morgan fingerprint density at radius 2 is 1.81 bits per heavy atom. The Morgan fingerprint density at radius 3 is 2.50 bits per heavy atom. The fraction of sp³-hybridized carbons (Fsp3) is 0.333. The van der Waals surface area contributed by atoms with E-state index < -0.39 is 10.0 Å². The average molecular weight is 369 g/mol. The van der Waals surface area contributed by atoms with E-state index in [-0.39, 0.29) is 5.41 Å². The lowest BCUT2D eigenvalue weighted by molar-refractivity contribution is 0.567. The van der Waals surface area contributed by atoms with Crippen LogP contribution >= 0.6 is 0 Å². The zero-order chi connectivity index (χ0) is 18.5. The zero-order valence-corrected chi connectivity index (χ0v) is 16.2. The molecule has 0 atom stereocenters. The lowest BCUT2D eigenvalue weighted by Crippen LogP contribution is -2.32. The van der Waals surface area contributed by atoms with Gasteiger partial charge in [-0.3, -0.25) is 0 Å². The maximum atomic E-state index is 12.8. The standard InChI is InChI=1S/C21H24N2O2S/c1-15-8-9-17(12-16(15)2)26(24,25)22-14-21(10-11-21)19-13-23(3)20-7-5-4-6-18(19)20/h4-9,12-13,22H,10-11,14H2,1-3H3. The van der Waals surface area contributed by atoms with E-state index >= 15 is 0 Å². The molecule has 0 radical (unpaired) electrons. The van der Waals surface area contributed by atoms with Crippen molar-refractivity contribution in [1.29, 1.82) is 0 Å². The molecule has 0 aliphatic heterocycles. The summed E-state index contributed by atoms with van der Waals surface area (Å²) < 4.78 is 30.5. The summed E-state index contributed by atoms with van der Waals surface area (Å²) in [5.74, 6) is 0. The van der Waals surface area contributed by atoms with Gasteiger partial charge in [-0.25, -0.2) is 13.1 Å². The molecule has 26 heavy (non-hydrogen) atoms. The lowest BCUT2D eigenvalue weighted by Gasteiger charge is -2.16. The van der Waals surface area contributed by atoms with Gasteiger partial charge in [-0.2, -0.15) is 0 Å². The first-order chi connectivity index (χ1) is 12.3. The predicted molar refractivity (Wildman–Crippen MR) is 105 cm³/mol. The van der Waals surface area contributed by atoms with Crippen LogP contribution in [0.15, 0.2) is 53.6 Å². The van der Waals surface area contributed by atoms with Crippen LogP contribution < -0.4 is 4.72 Å². The molecule has 0 unspecified atom stereocenters. The smallest absolute Gasteiger partial charge is 0.240 e. The second kappa shape index (κ2) is 5.96. The molecule has 136 valence electrons. The molecule has 5 heteroatoms. The maximum Gasteiger partial charge on any atom is 0.240 e. The summed E-state index contributed by atoms with van der Waals surface area (Å²) in [6.07, 6.45) is 4.18. The Balaban J connectivity index is 1.61. The highest BCUT2D eigenvalue weighted by Crippen LogP contribution is 2.50. The fourth-order valence-electron chi connectivity index (χ4n) is 3.65. The normalized spacial score (nSPS) is 16.1. The number of hydrogen-bond acceptors (Lipinski definition) is 2. The minimum atomic E-state index is -3.50. The molecule has 0 bridgehead atoms. The second-order valence-corrected chi connectivity index (χ2v) is 9.29. The summed E-state index contributed by atoms with van der Waals surface area (Å²) in [4.78, 5) is 0.342. The molecular weight excluding hydrogens is 344 g/mol. The van der Waals surface area contributed by atoms with Crippen molar-refractivity contribution in [2.24, 2.45) is 7.05 Å². The van der Waals surface area contributed by atoms with Crippen molar-refractivity contribution in [3.63, 3.8) is 0 Å². The number of para-hydroxylation sites is 1. The highest BCUT2D eigenvalue weighted by atomic mass is 32.2. The molecule has 0 amide bonds. The molecule has 3 aromatic rings. The Labute approximate surface area is 154 Å². The van der Waals surface area contributed by atoms with Gasteiger partial charge in [0.1, 0.15) is 0 Å². The van der Waals surface area contributed by atoms with Gasteiger partial charge >= 0.3 is 0 Å². The van der Waals surface area contributed by atoms with Crippen LogP contribution in [0.4, 0.5) is 0 Å². The Kier molecular flexibility index (Phi) is 3.97. The van der Waals surface area contributed by atoms with Crippen molar-refractivity contribution < 1.29 is 8.42 Å². The molecule has 1 aliphatic carbocycles. The first-order valence-corrected chi connectivity index (χ1v) is 10.4. The van der Waals surface area contributed by atoms with Crippen molar-refractivity contribution in [2.75, 3.05) is 6.54 Å². The topological polar surface area (TPSA) is 51.1 Å². The molecule has 0 saturated heterocycles. The number of aromatic nitrogens is 1. The van der Waals surface area contributed by atoms with Gasteiger partial charge in [-0.1, -0.05) is 24.3 Å². The number of aryl methyl sites for hydroxylation is 3. The van der Waals surface area contributed by atoms with Crippen molar-refractivity contribution in [3.05, 3.63) is 65.4 Å². The molecule has 1 aromatic heterocycles. The SMILES string of the molecule is Cc1ccc(S(=O)(=O)NCC2(c3cn(C)c4ccccc34)CC2)cc1C. The molecule has 1 heterocycles. The van der Waals surface area contributed by atoms with Gasteiger partial charge in [-0.15, -0.1) is 0 Å². The first kappa shape index (κ1) is 17.3. The molecular formula is C21H24N2O2S. The van der Waals surface area contributed by atoms with Crippen LogP contribution in [0.1, 0.15) is 29.5 Å².